The highest BCUT2D eigenvalue weighted by molar-refractivity contribution is 7.46. The molecule has 6 N–H and O–H groups in total. The fourth-order valence-electron chi connectivity index (χ4n) is 0.422. The highest BCUT2D eigenvalue weighted by atomic mass is 31.2. The Balaban J connectivity index is 0. The Morgan fingerprint density at radius 2 is 1.63 bits per heavy atom. The summed E-state index contributed by atoms with van der Waals surface area (Å²) in [6, 6.07) is -1.16. The van der Waals surface area contributed by atoms with Crippen molar-refractivity contribution in [2.24, 2.45) is 5.73 Å². The average molecular weight is 313 g/mol. The summed E-state index contributed by atoms with van der Waals surface area (Å²) in [5.41, 5.74) is 5.01. The minimum Gasteiger partial charge on any atom is -0.480 e. The van der Waals surface area contributed by atoms with E-state index in [1.165, 1.54) is 0 Å². The molecule has 0 fully saturated rings. The van der Waals surface area contributed by atoms with Gasteiger partial charge in [-0.3, -0.25) is 9.32 Å². The van der Waals surface area contributed by atoms with Crippen LogP contribution in [0.1, 0.15) is 6.42 Å². The van der Waals surface area contributed by atoms with Crippen molar-refractivity contribution in [2.75, 3.05) is 6.61 Å². The number of carboxylic acids is 2. The largest absolute Gasteiger partial charge is 0.490 e. The second-order valence-corrected chi connectivity index (χ2v) is 4.10. The third-order valence-electron chi connectivity index (χ3n) is 1.25. The average Bonchev–Trinajstić information content (AvgIpc) is 2.14. The zero-order valence-corrected chi connectivity index (χ0v) is 9.97. The van der Waals surface area contributed by atoms with E-state index in [1.807, 2.05) is 0 Å². The lowest BCUT2D eigenvalue weighted by Crippen LogP contribution is -2.31. The van der Waals surface area contributed by atoms with Gasteiger partial charge in [0.05, 0.1) is 6.61 Å². The van der Waals surface area contributed by atoms with E-state index < -0.39 is 32.0 Å². The third kappa shape index (κ3) is 14.7. The van der Waals surface area contributed by atoms with E-state index in [9.17, 15) is 22.5 Å². The summed E-state index contributed by atoms with van der Waals surface area (Å²) in [6.07, 6.45) is -5.22. The van der Waals surface area contributed by atoms with Gasteiger partial charge in [-0.1, -0.05) is 0 Å². The molecular weight excluding hydrogens is 302 g/mol. The van der Waals surface area contributed by atoms with Crippen LogP contribution in [0, 0.1) is 0 Å². The molecule has 0 heterocycles. The number of hydrogen-bond donors (Lipinski definition) is 5. The molecule has 0 saturated carbocycles. The summed E-state index contributed by atoms with van der Waals surface area (Å²) in [5.74, 6) is -3.99. The van der Waals surface area contributed by atoms with Crippen LogP contribution in [0.25, 0.3) is 0 Å². The summed E-state index contributed by atoms with van der Waals surface area (Å²) < 4.78 is 45.8. The van der Waals surface area contributed by atoms with Crippen molar-refractivity contribution in [3.63, 3.8) is 0 Å². The molecule has 0 spiro atoms. The fourth-order valence-corrected chi connectivity index (χ4v) is 0.765. The molecule has 114 valence electrons. The number of phosphoric ester groups is 1. The molecule has 19 heavy (non-hydrogen) atoms. The highest BCUT2D eigenvalue weighted by Gasteiger charge is 2.38. The van der Waals surface area contributed by atoms with Crippen molar-refractivity contribution in [3.8, 4) is 0 Å². The van der Waals surface area contributed by atoms with Crippen LogP contribution >= 0.6 is 7.82 Å². The number of alkyl halides is 3. The highest BCUT2D eigenvalue weighted by Crippen LogP contribution is 2.35. The minimum absolute atomic E-state index is 0.138. The zero-order valence-electron chi connectivity index (χ0n) is 9.07. The number of aliphatic carboxylic acids is 2. The van der Waals surface area contributed by atoms with E-state index in [2.05, 4.69) is 4.52 Å². The van der Waals surface area contributed by atoms with E-state index in [0.717, 1.165) is 0 Å². The smallest absolute Gasteiger partial charge is 0.480 e. The van der Waals surface area contributed by atoms with Crippen LogP contribution in [0.3, 0.4) is 0 Å². The zero-order chi connectivity index (χ0) is 15.9. The van der Waals surface area contributed by atoms with Gasteiger partial charge in [0.25, 0.3) is 0 Å². The molecular formula is C6H11F3NO8P. The van der Waals surface area contributed by atoms with Crippen LogP contribution < -0.4 is 5.73 Å². The van der Waals surface area contributed by atoms with Crippen molar-refractivity contribution in [2.45, 2.75) is 18.6 Å². The van der Waals surface area contributed by atoms with Gasteiger partial charge in [0, 0.05) is 0 Å². The standard InChI is InChI=1S/C4H10NO6P.C2HF3O2/c5-3(4(6)7)1-2-11-12(8,9)10;3-2(4,5)1(6)7/h3H,1-2,5H2,(H,6,7)(H2,8,9,10);(H,6,7)/t3-;/m0./s1. The molecule has 0 unspecified atom stereocenters. The first-order chi connectivity index (χ1) is 8.27. The molecule has 1 atom stereocenters. The van der Waals surface area contributed by atoms with Crippen LogP contribution in [0.4, 0.5) is 13.2 Å². The minimum atomic E-state index is -5.08. The number of phosphoric acid groups is 1. The fraction of sp³-hybridized carbons (Fsp3) is 0.667. The van der Waals surface area contributed by atoms with Crippen LogP contribution in [0.15, 0.2) is 0 Å². The first kappa shape index (κ1) is 20.1. The van der Waals surface area contributed by atoms with Crippen molar-refractivity contribution >= 4 is 19.8 Å². The molecule has 0 aliphatic carbocycles. The first-order valence-electron chi connectivity index (χ1n) is 4.26. The number of carboxylic acid groups (broad SMARTS) is 2. The SMILES string of the molecule is N[C@@H](CCOP(=O)(O)O)C(=O)O.O=C(O)C(F)(F)F. The van der Waals surface area contributed by atoms with Gasteiger partial charge in [0.15, 0.2) is 0 Å². The Morgan fingerprint density at radius 3 is 1.84 bits per heavy atom. The Hall–Kier alpha value is -1.20. The van der Waals surface area contributed by atoms with Gasteiger partial charge in [0.2, 0.25) is 0 Å². The van der Waals surface area contributed by atoms with Gasteiger partial charge in [0.1, 0.15) is 6.04 Å². The Morgan fingerprint density at radius 1 is 1.26 bits per heavy atom. The number of nitrogens with two attached hydrogens (primary N) is 1. The number of rotatable bonds is 5. The summed E-state index contributed by atoms with van der Waals surface area (Å²) in [6.45, 7) is -0.377. The lowest BCUT2D eigenvalue weighted by atomic mass is 10.2. The van der Waals surface area contributed by atoms with Gasteiger partial charge >= 0.3 is 25.9 Å². The maximum Gasteiger partial charge on any atom is 0.490 e. The molecule has 0 aromatic carbocycles. The molecule has 13 heteroatoms. The molecule has 0 saturated heterocycles. The second kappa shape index (κ2) is 8.07. The van der Waals surface area contributed by atoms with Crippen LogP contribution in [0.5, 0.6) is 0 Å². The first-order valence-corrected chi connectivity index (χ1v) is 5.79. The van der Waals surface area contributed by atoms with E-state index in [4.69, 9.17) is 30.5 Å². The summed E-state index contributed by atoms with van der Waals surface area (Å²) in [7, 11) is -4.50. The van der Waals surface area contributed by atoms with Crippen molar-refractivity contribution in [3.05, 3.63) is 0 Å². The quantitative estimate of drug-likeness (QED) is 0.421. The lowest BCUT2D eigenvalue weighted by Gasteiger charge is -2.07. The predicted molar refractivity (Wildman–Crippen MR) is 51.9 cm³/mol. The molecule has 0 radical (unpaired) electrons. The van der Waals surface area contributed by atoms with Crippen LogP contribution in [-0.2, 0) is 18.7 Å². The summed E-state index contributed by atoms with van der Waals surface area (Å²) in [5, 5.41) is 15.4. The van der Waals surface area contributed by atoms with Crippen LogP contribution in [-0.4, -0.2) is 50.8 Å². The van der Waals surface area contributed by atoms with Gasteiger partial charge in [-0.05, 0) is 6.42 Å². The van der Waals surface area contributed by atoms with Crippen molar-refractivity contribution < 1.29 is 51.8 Å². The molecule has 0 aromatic rings. The Bertz CT molecular complexity index is 353. The van der Waals surface area contributed by atoms with Gasteiger partial charge in [-0.2, -0.15) is 13.2 Å². The molecule has 0 aliphatic rings. The number of halogens is 3. The van der Waals surface area contributed by atoms with E-state index in [0.29, 0.717) is 0 Å². The van der Waals surface area contributed by atoms with E-state index in [1.54, 1.807) is 0 Å². The normalized spacial score (nSPS) is 13.2. The Kier molecular flexibility index (Phi) is 8.55. The molecule has 0 aliphatic heterocycles. The van der Waals surface area contributed by atoms with Gasteiger partial charge in [-0.15, -0.1) is 0 Å². The monoisotopic (exact) mass is 313 g/mol. The second-order valence-electron chi connectivity index (χ2n) is 2.86. The molecule has 0 rings (SSSR count). The summed E-state index contributed by atoms with van der Waals surface area (Å²) in [4.78, 5) is 35.3. The summed E-state index contributed by atoms with van der Waals surface area (Å²) >= 11 is 0. The maximum atomic E-state index is 10.6. The lowest BCUT2D eigenvalue weighted by molar-refractivity contribution is -0.192. The molecule has 0 bridgehead atoms. The van der Waals surface area contributed by atoms with E-state index in [-0.39, 0.29) is 13.0 Å². The van der Waals surface area contributed by atoms with Gasteiger partial charge in [-0.25, -0.2) is 9.36 Å². The topological polar surface area (TPSA) is 167 Å². The number of carbonyl (C=O) groups is 2. The van der Waals surface area contributed by atoms with Crippen molar-refractivity contribution in [1.82, 2.24) is 0 Å². The maximum absolute atomic E-state index is 10.6. The Labute approximate surface area is 104 Å². The van der Waals surface area contributed by atoms with Gasteiger partial charge < -0.3 is 25.7 Å². The van der Waals surface area contributed by atoms with E-state index >= 15 is 0 Å². The molecule has 0 amide bonds. The van der Waals surface area contributed by atoms with Crippen LogP contribution in [0.2, 0.25) is 0 Å². The predicted octanol–water partition coefficient (Wildman–Crippen LogP) is -0.469. The third-order valence-corrected chi connectivity index (χ3v) is 1.77. The molecule has 0 aromatic heterocycles. The molecule has 9 nitrogen and oxygen atoms in total. The number of hydrogen-bond acceptors (Lipinski definition) is 5. The van der Waals surface area contributed by atoms with Crippen molar-refractivity contribution in [1.29, 1.82) is 0 Å².